The number of piperidine rings is 1. The first-order valence-electron chi connectivity index (χ1n) is 7.65. The van der Waals surface area contributed by atoms with Crippen LogP contribution in [0.5, 0.6) is 0 Å². The molecule has 4 nitrogen and oxygen atoms in total. The lowest BCUT2D eigenvalue weighted by molar-refractivity contribution is 0.0166. The number of carbonyl (C=O) groups is 1. The van der Waals surface area contributed by atoms with Gasteiger partial charge in [0.05, 0.1) is 0 Å². The molecule has 1 aliphatic rings. The monoisotopic (exact) mass is 310 g/mol. The van der Waals surface area contributed by atoms with Crippen LogP contribution in [0.3, 0.4) is 0 Å². The first kappa shape index (κ1) is 16.3. The second-order valence-electron chi connectivity index (χ2n) is 6.64. The third-order valence-corrected chi connectivity index (χ3v) is 4.36. The molecule has 1 amide bonds. The molecule has 1 aromatic heterocycles. The van der Waals surface area contributed by atoms with Crippen molar-refractivity contribution in [3.63, 3.8) is 0 Å². The summed E-state index contributed by atoms with van der Waals surface area (Å²) >= 11 is 1.77. The quantitative estimate of drug-likeness (QED) is 0.925. The van der Waals surface area contributed by atoms with E-state index in [-0.39, 0.29) is 6.09 Å². The third kappa shape index (κ3) is 5.67. The molecule has 1 unspecified atom stereocenters. The fraction of sp³-hybridized carbons (Fsp3) is 0.688. The number of thiophene rings is 1. The Morgan fingerprint density at radius 2 is 2.33 bits per heavy atom. The highest BCUT2D eigenvalue weighted by molar-refractivity contribution is 7.09. The maximum atomic E-state index is 12.1. The minimum atomic E-state index is -0.415. The van der Waals surface area contributed by atoms with Crippen LogP contribution in [0.25, 0.3) is 0 Å². The maximum Gasteiger partial charge on any atom is 0.410 e. The molecule has 21 heavy (non-hydrogen) atoms. The summed E-state index contributed by atoms with van der Waals surface area (Å²) in [6.07, 6.45) is 2.06. The summed E-state index contributed by atoms with van der Waals surface area (Å²) in [5.41, 5.74) is -0.415. The van der Waals surface area contributed by atoms with Crippen LogP contribution in [0.15, 0.2) is 17.5 Å². The molecule has 2 heterocycles. The molecule has 0 saturated carbocycles. The Kier molecular flexibility index (Phi) is 5.65. The van der Waals surface area contributed by atoms with E-state index in [1.807, 2.05) is 25.7 Å². The average Bonchev–Trinajstić information content (AvgIpc) is 2.90. The van der Waals surface area contributed by atoms with E-state index < -0.39 is 5.60 Å². The number of amides is 1. The molecule has 1 fully saturated rings. The summed E-state index contributed by atoms with van der Waals surface area (Å²) in [7, 11) is 0. The molecule has 0 bridgehead atoms. The van der Waals surface area contributed by atoms with Crippen molar-refractivity contribution >= 4 is 17.4 Å². The van der Waals surface area contributed by atoms with E-state index in [0.29, 0.717) is 5.92 Å². The van der Waals surface area contributed by atoms with Gasteiger partial charge in [-0.25, -0.2) is 4.79 Å². The van der Waals surface area contributed by atoms with Crippen LogP contribution in [0, 0.1) is 5.92 Å². The van der Waals surface area contributed by atoms with Gasteiger partial charge in [0, 0.05) is 24.5 Å². The second kappa shape index (κ2) is 7.27. The Morgan fingerprint density at radius 1 is 1.52 bits per heavy atom. The Hall–Kier alpha value is -1.07. The van der Waals surface area contributed by atoms with E-state index in [0.717, 1.165) is 32.6 Å². The summed E-state index contributed by atoms with van der Waals surface area (Å²) in [6.45, 7) is 9.22. The van der Waals surface area contributed by atoms with Crippen molar-refractivity contribution in [3.05, 3.63) is 22.4 Å². The Labute approximate surface area is 131 Å². The fourth-order valence-corrected chi connectivity index (χ4v) is 3.21. The van der Waals surface area contributed by atoms with Crippen molar-refractivity contribution in [2.24, 2.45) is 5.92 Å². The van der Waals surface area contributed by atoms with Gasteiger partial charge in [0.15, 0.2) is 0 Å². The standard InChI is InChI=1S/C16H26N2O2S/c1-16(2,3)20-15(19)18-8-4-6-13(12-18)10-17-11-14-7-5-9-21-14/h5,7,9,13,17H,4,6,8,10-12H2,1-3H3. The number of ether oxygens (including phenoxy) is 1. The molecule has 1 aromatic rings. The van der Waals surface area contributed by atoms with E-state index in [4.69, 9.17) is 4.74 Å². The maximum absolute atomic E-state index is 12.1. The molecule has 0 aromatic carbocycles. The van der Waals surface area contributed by atoms with E-state index in [9.17, 15) is 4.79 Å². The Balaban J connectivity index is 1.74. The van der Waals surface area contributed by atoms with Gasteiger partial charge in [-0.15, -0.1) is 11.3 Å². The number of hydrogen-bond acceptors (Lipinski definition) is 4. The van der Waals surface area contributed by atoms with Crippen LogP contribution in [-0.2, 0) is 11.3 Å². The lowest BCUT2D eigenvalue weighted by Crippen LogP contribution is -2.44. The highest BCUT2D eigenvalue weighted by atomic mass is 32.1. The first-order valence-corrected chi connectivity index (χ1v) is 8.53. The van der Waals surface area contributed by atoms with E-state index in [1.54, 1.807) is 11.3 Å². The summed E-state index contributed by atoms with van der Waals surface area (Å²) in [5, 5.41) is 5.60. The molecule has 1 aliphatic heterocycles. The van der Waals surface area contributed by atoms with Crippen molar-refractivity contribution in [2.75, 3.05) is 19.6 Å². The summed E-state index contributed by atoms with van der Waals surface area (Å²) < 4.78 is 5.46. The Bertz CT molecular complexity index is 440. The molecule has 1 saturated heterocycles. The number of rotatable bonds is 4. The van der Waals surface area contributed by atoms with Crippen molar-refractivity contribution in [2.45, 2.75) is 45.8 Å². The molecule has 0 spiro atoms. The van der Waals surface area contributed by atoms with Crippen LogP contribution in [0.2, 0.25) is 0 Å². The van der Waals surface area contributed by atoms with E-state index in [1.165, 1.54) is 11.3 Å². The van der Waals surface area contributed by atoms with Gasteiger partial charge < -0.3 is 15.0 Å². The van der Waals surface area contributed by atoms with Crippen molar-refractivity contribution in [1.29, 1.82) is 0 Å². The molecule has 1 atom stereocenters. The van der Waals surface area contributed by atoms with Gasteiger partial charge in [-0.3, -0.25) is 0 Å². The van der Waals surface area contributed by atoms with Gasteiger partial charge in [0.1, 0.15) is 5.60 Å². The number of carbonyl (C=O) groups excluding carboxylic acids is 1. The topological polar surface area (TPSA) is 41.6 Å². The number of likely N-dealkylation sites (tertiary alicyclic amines) is 1. The molecular formula is C16H26N2O2S. The summed E-state index contributed by atoms with van der Waals surface area (Å²) in [5.74, 6) is 0.520. The molecular weight excluding hydrogens is 284 g/mol. The highest BCUT2D eigenvalue weighted by Crippen LogP contribution is 2.19. The zero-order valence-corrected chi connectivity index (χ0v) is 14.0. The predicted molar refractivity (Wildman–Crippen MR) is 86.6 cm³/mol. The number of nitrogens with one attached hydrogen (secondary N) is 1. The minimum absolute atomic E-state index is 0.176. The van der Waals surface area contributed by atoms with Gasteiger partial charge in [0.25, 0.3) is 0 Å². The SMILES string of the molecule is CC(C)(C)OC(=O)N1CCCC(CNCc2cccs2)C1. The van der Waals surface area contributed by atoms with Crippen LogP contribution < -0.4 is 5.32 Å². The molecule has 1 N–H and O–H groups in total. The van der Waals surface area contributed by atoms with Crippen molar-refractivity contribution in [3.8, 4) is 0 Å². The van der Waals surface area contributed by atoms with Crippen LogP contribution in [0.4, 0.5) is 4.79 Å². The van der Waals surface area contributed by atoms with Gasteiger partial charge in [-0.2, -0.15) is 0 Å². The van der Waals surface area contributed by atoms with Gasteiger partial charge in [-0.05, 0) is 57.5 Å². The Morgan fingerprint density at radius 3 is 3.00 bits per heavy atom. The minimum Gasteiger partial charge on any atom is -0.444 e. The van der Waals surface area contributed by atoms with Gasteiger partial charge in [-0.1, -0.05) is 6.07 Å². The fourth-order valence-electron chi connectivity index (χ4n) is 2.54. The van der Waals surface area contributed by atoms with Crippen LogP contribution >= 0.6 is 11.3 Å². The second-order valence-corrected chi connectivity index (χ2v) is 7.68. The first-order chi connectivity index (χ1) is 9.94. The predicted octanol–water partition coefficient (Wildman–Crippen LogP) is 3.48. The van der Waals surface area contributed by atoms with Crippen molar-refractivity contribution in [1.82, 2.24) is 10.2 Å². The molecule has 5 heteroatoms. The van der Waals surface area contributed by atoms with Gasteiger partial charge in [0.2, 0.25) is 0 Å². The van der Waals surface area contributed by atoms with E-state index >= 15 is 0 Å². The normalized spacial score (nSPS) is 19.6. The third-order valence-electron chi connectivity index (χ3n) is 3.48. The average molecular weight is 310 g/mol. The summed E-state index contributed by atoms with van der Waals surface area (Å²) in [4.78, 5) is 15.3. The highest BCUT2D eigenvalue weighted by Gasteiger charge is 2.27. The number of hydrogen-bond donors (Lipinski definition) is 1. The molecule has 0 aliphatic carbocycles. The van der Waals surface area contributed by atoms with Crippen molar-refractivity contribution < 1.29 is 9.53 Å². The smallest absolute Gasteiger partial charge is 0.410 e. The zero-order valence-electron chi connectivity index (χ0n) is 13.2. The number of nitrogens with zero attached hydrogens (tertiary/aromatic N) is 1. The lowest BCUT2D eigenvalue weighted by Gasteiger charge is -2.34. The molecule has 2 rings (SSSR count). The van der Waals surface area contributed by atoms with Crippen LogP contribution in [0.1, 0.15) is 38.5 Å². The van der Waals surface area contributed by atoms with E-state index in [2.05, 4.69) is 22.8 Å². The molecule has 0 radical (unpaired) electrons. The zero-order chi connectivity index (χ0) is 15.3. The van der Waals surface area contributed by atoms with Crippen LogP contribution in [-0.4, -0.2) is 36.2 Å². The largest absolute Gasteiger partial charge is 0.444 e. The lowest BCUT2D eigenvalue weighted by atomic mass is 9.98. The van der Waals surface area contributed by atoms with Gasteiger partial charge >= 0.3 is 6.09 Å². The molecule has 118 valence electrons. The summed E-state index contributed by atoms with van der Waals surface area (Å²) in [6, 6.07) is 4.22.